The molecule has 0 aliphatic heterocycles. The number of hydrogen-bond acceptors (Lipinski definition) is 1. The van der Waals surface area contributed by atoms with E-state index in [9.17, 15) is 4.79 Å². The molecule has 0 amide bonds. The Hall–Kier alpha value is -1.89. The largest absolute Gasteiger partial charge is 0.289 e. The highest BCUT2D eigenvalue weighted by Gasteiger charge is 2.10. The van der Waals surface area contributed by atoms with Crippen molar-refractivity contribution in [1.82, 2.24) is 0 Å². The van der Waals surface area contributed by atoms with Crippen molar-refractivity contribution in [3.05, 3.63) is 70.8 Å². The zero-order valence-corrected chi connectivity index (χ0v) is 9.53. The maximum absolute atomic E-state index is 12.2. The molecule has 0 unspecified atom stereocenters. The van der Waals surface area contributed by atoms with Gasteiger partial charge >= 0.3 is 0 Å². The van der Waals surface area contributed by atoms with Crippen molar-refractivity contribution in [2.75, 3.05) is 0 Å². The predicted molar refractivity (Wildman–Crippen MR) is 65.8 cm³/mol. The van der Waals surface area contributed by atoms with E-state index in [1.165, 1.54) is 5.56 Å². The van der Waals surface area contributed by atoms with Crippen molar-refractivity contribution in [3.63, 3.8) is 0 Å². The van der Waals surface area contributed by atoms with Gasteiger partial charge in [0.05, 0.1) is 0 Å². The lowest BCUT2D eigenvalue weighted by atomic mass is 9.99. The van der Waals surface area contributed by atoms with Crippen LogP contribution in [0.4, 0.5) is 0 Å². The maximum Gasteiger partial charge on any atom is 0.193 e. The van der Waals surface area contributed by atoms with Crippen molar-refractivity contribution in [2.24, 2.45) is 0 Å². The summed E-state index contributed by atoms with van der Waals surface area (Å²) in [5, 5.41) is 0. The van der Waals surface area contributed by atoms with E-state index in [0.29, 0.717) is 0 Å². The number of aryl methyl sites for hydroxylation is 2. The monoisotopic (exact) mass is 210 g/mol. The molecule has 0 bridgehead atoms. The SMILES string of the molecule is Cc1ccc(C(=O)c2ccccc2C)cc1. The Balaban J connectivity index is 2.40. The lowest BCUT2D eigenvalue weighted by Gasteiger charge is -2.04. The van der Waals surface area contributed by atoms with E-state index < -0.39 is 0 Å². The third-order valence-corrected chi connectivity index (χ3v) is 2.70. The van der Waals surface area contributed by atoms with E-state index in [1.807, 2.05) is 62.4 Å². The van der Waals surface area contributed by atoms with Crippen LogP contribution in [0.2, 0.25) is 0 Å². The van der Waals surface area contributed by atoms with Crippen LogP contribution in [0.1, 0.15) is 27.0 Å². The molecule has 0 N–H and O–H groups in total. The molecule has 0 radical (unpaired) electrons. The minimum atomic E-state index is 0.0955. The summed E-state index contributed by atoms with van der Waals surface area (Å²) in [6.07, 6.45) is 0. The van der Waals surface area contributed by atoms with Gasteiger partial charge < -0.3 is 0 Å². The number of carbonyl (C=O) groups is 1. The predicted octanol–water partition coefficient (Wildman–Crippen LogP) is 3.53. The standard InChI is InChI=1S/C15H14O/c1-11-7-9-13(10-8-11)15(16)14-6-4-3-5-12(14)2/h3-10H,1-2H3. The van der Waals surface area contributed by atoms with Crippen LogP contribution in [0.25, 0.3) is 0 Å². The van der Waals surface area contributed by atoms with E-state index in [4.69, 9.17) is 0 Å². The fourth-order valence-electron chi connectivity index (χ4n) is 1.69. The van der Waals surface area contributed by atoms with Crippen molar-refractivity contribution < 1.29 is 4.79 Å². The Morgan fingerprint density at radius 2 is 1.50 bits per heavy atom. The number of ketones is 1. The third-order valence-electron chi connectivity index (χ3n) is 2.70. The Kier molecular flexibility index (Phi) is 2.86. The lowest BCUT2D eigenvalue weighted by Crippen LogP contribution is -2.03. The molecular weight excluding hydrogens is 196 g/mol. The van der Waals surface area contributed by atoms with Gasteiger partial charge in [0.2, 0.25) is 0 Å². The first-order valence-electron chi connectivity index (χ1n) is 5.35. The van der Waals surface area contributed by atoms with E-state index in [2.05, 4.69) is 0 Å². The summed E-state index contributed by atoms with van der Waals surface area (Å²) < 4.78 is 0. The van der Waals surface area contributed by atoms with Gasteiger partial charge in [0, 0.05) is 11.1 Å². The minimum absolute atomic E-state index is 0.0955. The Morgan fingerprint density at radius 3 is 2.12 bits per heavy atom. The second kappa shape index (κ2) is 4.31. The number of hydrogen-bond donors (Lipinski definition) is 0. The normalized spacial score (nSPS) is 10.1. The van der Waals surface area contributed by atoms with Crippen LogP contribution < -0.4 is 0 Å². The zero-order chi connectivity index (χ0) is 11.5. The van der Waals surface area contributed by atoms with Gasteiger partial charge in [-0.1, -0.05) is 54.1 Å². The molecule has 0 fully saturated rings. The highest BCUT2D eigenvalue weighted by molar-refractivity contribution is 6.09. The minimum Gasteiger partial charge on any atom is -0.289 e. The molecule has 16 heavy (non-hydrogen) atoms. The summed E-state index contributed by atoms with van der Waals surface area (Å²) in [6.45, 7) is 3.98. The first-order valence-corrected chi connectivity index (χ1v) is 5.35. The molecule has 2 aromatic rings. The van der Waals surface area contributed by atoms with Gasteiger partial charge in [-0.3, -0.25) is 4.79 Å². The van der Waals surface area contributed by atoms with Crippen LogP contribution in [0, 0.1) is 13.8 Å². The molecule has 0 spiro atoms. The van der Waals surface area contributed by atoms with Crippen LogP contribution in [0.15, 0.2) is 48.5 Å². The summed E-state index contributed by atoms with van der Waals surface area (Å²) in [5.74, 6) is 0.0955. The lowest BCUT2D eigenvalue weighted by molar-refractivity contribution is 0.103. The molecule has 0 saturated carbocycles. The average molecular weight is 210 g/mol. The zero-order valence-electron chi connectivity index (χ0n) is 9.53. The van der Waals surface area contributed by atoms with Crippen LogP contribution in [-0.4, -0.2) is 5.78 Å². The molecule has 0 saturated heterocycles. The van der Waals surface area contributed by atoms with E-state index >= 15 is 0 Å². The molecule has 0 aliphatic rings. The topological polar surface area (TPSA) is 17.1 Å². The Bertz CT molecular complexity index is 509. The van der Waals surface area contributed by atoms with Crippen molar-refractivity contribution in [1.29, 1.82) is 0 Å². The molecule has 0 atom stereocenters. The van der Waals surface area contributed by atoms with Gasteiger partial charge in [0.25, 0.3) is 0 Å². The third kappa shape index (κ3) is 2.03. The molecule has 2 rings (SSSR count). The fraction of sp³-hybridized carbons (Fsp3) is 0.133. The first-order chi connectivity index (χ1) is 7.68. The van der Waals surface area contributed by atoms with Gasteiger partial charge in [-0.25, -0.2) is 0 Å². The molecule has 0 aliphatic carbocycles. The molecule has 1 heteroatoms. The molecular formula is C15H14O. The van der Waals surface area contributed by atoms with Crippen LogP contribution in [0.5, 0.6) is 0 Å². The maximum atomic E-state index is 12.2. The van der Waals surface area contributed by atoms with Gasteiger partial charge in [-0.05, 0) is 19.4 Å². The first kappa shape index (κ1) is 10.6. The van der Waals surface area contributed by atoms with Crippen LogP contribution >= 0.6 is 0 Å². The van der Waals surface area contributed by atoms with Crippen molar-refractivity contribution >= 4 is 5.78 Å². The van der Waals surface area contributed by atoms with Crippen molar-refractivity contribution in [2.45, 2.75) is 13.8 Å². The smallest absolute Gasteiger partial charge is 0.193 e. The van der Waals surface area contributed by atoms with Crippen molar-refractivity contribution in [3.8, 4) is 0 Å². The number of benzene rings is 2. The van der Waals surface area contributed by atoms with Gasteiger partial charge in [0.15, 0.2) is 5.78 Å². The van der Waals surface area contributed by atoms with Crippen LogP contribution in [0.3, 0.4) is 0 Å². The quantitative estimate of drug-likeness (QED) is 0.693. The van der Waals surface area contributed by atoms with Gasteiger partial charge in [-0.2, -0.15) is 0 Å². The van der Waals surface area contributed by atoms with E-state index in [0.717, 1.165) is 16.7 Å². The highest BCUT2D eigenvalue weighted by atomic mass is 16.1. The molecule has 0 aromatic heterocycles. The van der Waals surface area contributed by atoms with E-state index in [1.54, 1.807) is 0 Å². The molecule has 1 nitrogen and oxygen atoms in total. The summed E-state index contributed by atoms with van der Waals surface area (Å²) in [5.41, 5.74) is 3.72. The number of carbonyl (C=O) groups excluding carboxylic acids is 1. The van der Waals surface area contributed by atoms with E-state index in [-0.39, 0.29) is 5.78 Å². The fourth-order valence-corrected chi connectivity index (χ4v) is 1.69. The summed E-state index contributed by atoms with van der Waals surface area (Å²) in [6, 6.07) is 15.4. The number of rotatable bonds is 2. The molecule has 0 heterocycles. The van der Waals surface area contributed by atoms with Crippen LogP contribution in [-0.2, 0) is 0 Å². The Morgan fingerprint density at radius 1 is 0.875 bits per heavy atom. The molecule has 80 valence electrons. The second-order valence-electron chi connectivity index (χ2n) is 4.01. The highest BCUT2D eigenvalue weighted by Crippen LogP contribution is 2.14. The van der Waals surface area contributed by atoms with Gasteiger partial charge in [-0.15, -0.1) is 0 Å². The summed E-state index contributed by atoms with van der Waals surface area (Å²) in [7, 11) is 0. The Labute approximate surface area is 95.7 Å². The second-order valence-corrected chi connectivity index (χ2v) is 4.01. The van der Waals surface area contributed by atoms with Gasteiger partial charge in [0.1, 0.15) is 0 Å². The molecule has 2 aromatic carbocycles. The summed E-state index contributed by atoms with van der Waals surface area (Å²) in [4.78, 5) is 12.2. The summed E-state index contributed by atoms with van der Waals surface area (Å²) >= 11 is 0. The average Bonchev–Trinajstić information content (AvgIpc) is 2.30.